The second kappa shape index (κ2) is 10.1. The van der Waals surface area contributed by atoms with E-state index in [-0.39, 0.29) is 44.5 Å². The van der Waals surface area contributed by atoms with Gasteiger partial charge in [0.25, 0.3) is 0 Å². The summed E-state index contributed by atoms with van der Waals surface area (Å²) in [6.07, 6.45) is 0. The first kappa shape index (κ1) is 24.4. The third-order valence-electron chi connectivity index (χ3n) is 5.04. The van der Waals surface area contributed by atoms with Gasteiger partial charge >= 0.3 is 0 Å². The number of hydrogen-bond donors (Lipinski definition) is 0. The van der Waals surface area contributed by atoms with Gasteiger partial charge in [0.2, 0.25) is 18.2 Å². The molecule has 0 fully saturated rings. The van der Waals surface area contributed by atoms with E-state index in [4.69, 9.17) is 30.5 Å². The summed E-state index contributed by atoms with van der Waals surface area (Å²) in [6, 6.07) is 15.4. The molecule has 3 rings (SSSR count). The number of carbonyl (C=O) groups is 2. The molecule has 0 aromatic heterocycles. The van der Waals surface area contributed by atoms with Crippen LogP contribution in [0, 0.1) is 0 Å². The Bertz CT molecular complexity index is 1240. The zero-order valence-electron chi connectivity index (χ0n) is 18.5. The number of halogens is 1. The highest BCUT2D eigenvalue weighted by atomic mass is 35.5. The Balaban J connectivity index is 2.37. The summed E-state index contributed by atoms with van der Waals surface area (Å²) >= 11 is 6.31. The van der Waals surface area contributed by atoms with Crippen LogP contribution < -0.4 is 24.3 Å². The number of rotatable bonds is 9. The van der Waals surface area contributed by atoms with E-state index in [1.54, 1.807) is 30.3 Å². The van der Waals surface area contributed by atoms with E-state index in [9.17, 15) is 14.2 Å². The fraction of sp³-hybridized carbons (Fsp3) is 0.167. The van der Waals surface area contributed by atoms with Crippen LogP contribution in [-0.2, 0) is 4.57 Å². The molecule has 0 amide bonds. The molecule has 172 valence electrons. The maximum absolute atomic E-state index is 14.6. The molecule has 33 heavy (non-hydrogen) atoms. The van der Waals surface area contributed by atoms with Gasteiger partial charge in [-0.3, -0.25) is 9.59 Å². The van der Waals surface area contributed by atoms with Crippen molar-refractivity contribution in [1.82, 2.24) is 0 Å². The Morgan fingerprint density at radius 2 is 1.21 bits per heavy atom. The van der Waals surface area contributed by atoms with Crippen LogP contribution in [0.25, 0.3) is 0 Å². The van der Waals surface area contributed by atoms with Crippen LogP contribution in [0.1, 0.15) is 20.7 Å². The first-order valence-corrected chi connectivity index (χ1v) is 11.8. The summed E-state index contributed by atoms with van der Waals surface area (Å²) in [5, 5.41) is 0.0433. The van der Waals surface area contributed by atoms with Crippen molar-refractivity contribution in [1.29, 1.82) is 0 Å². The van der Waals surface area contributed by atoms with E-state index in [0.717, 1.165) is 0 Å². The fourth-order valence-electron chi connectivity index (χ4n) is 3.44. The van der Waals surface area contributed by atoms with Crippen LogP contribution in [0.3, 0.4) is 0 Å². The molecular weight excluding hydrogens is 467 g/mol. The van der Waals surface area contributed by atoms with Gasteiger partial charge in [0.1, 0.15) is 17.1 Å². The van der Waals surface area contributed by atoms with Gasteiger partial charge in [0.05, 0.1) is 39.0 Å². The van der Waals surface area contributed by atoms with Gasteiger partial charge < -0.3 is 23.5 Å². The number of hydrogen-bond acceptors (Lipinski definition) is 7. The highest BCUT2D eigenvalue weighted by Crippen LogP contribution is 2.56. The lowest BCUT2D eigenvalue weighted by Gasteiger charge is -2.21. The van der Waals surface area contributed by atoms with Crippen LogP contribution in [0.4, 0.5) is 0 Å². The molecule has 0 heterocycles. The number of benzene rings is 3. The summed E-state index contributed by atoms with van der Waals surface area (Å²) < 4.78 is 35.9. The molecule has 0 N–H and O–H groups in total. The van der Waals surface area contributed by atoms with Gasteiger partial charge in [0.15, 0.2) is 11.5 Å². The van der Waals surface area contributed by atoms with Gasteiger partial charge in [-0.05, 0) is 24.3 Å². The SMILES string of the molecule is COc1ccc(OC)c(C(=O)P(=O)(C(=O)c2c(Cl)cccc2OC)c2ccccc2)c1OC. The Morgan fingerprint density at radius 1 is 0.667 bits per heavy atom. The van der Waals surface area contributed by atoms with E-state index in [1.165, 1.54) is 58.8 Å². The van der Waals surface area contributed by atoms with E-state index in [0.29, 0.717) is 0 Å². The predicted octanol–water partition coefficient (Wildman–Crippen LogP) is 5.04. The smallest absolute Gasteiger partial charge is 0.249 e. The number of carbonyl (C=O) groups excluding carboxylic acids is 2. The van der Waals surface area contributed by atoms with Crippen LogP contribution in [0.2, 0.25) is 5.02 Å². The van der Waals surface area contributed by atoms with Gasteiger partial charge in [-0.25, -0.2) is 0 Å². The van der Waals surface area contributed by atoms with Gasteiger partial charge in [0, 0.05) is 5.30 Å². The topological polar surface area (TPSA) is 88.1 Å². The molecule has 7 nitrogen and oxygen atoms in total. The van der Waals surface area contributed by atoms with Crippen LogP contribution in [0.15, 0.2) is 60.7 Å². The van der Waals surface area contributed by atoms with Crippen molar-refractivity contribution in [3.8, 4) is 23.0 Å². The second-order valence-electron chi connectivity index (χ2n) is 6.75. The van der Waals surface area contributed by atoms with Crippen molar-refractivity contribution in [2.45, 2.75) is 0 Å². The average molecular weight is 489 g/mol. The Morgan fingerprint density at radius 3 is 1.79 bits per heavy atom. The lowest BCUT2D eigenvalue weighted by Crippen LogP contribution is -2.22. The largest absolute Gasteiger partial charge is 0.496 e. The third kappa shape index (κ3) is 4.22. The van der Waals surface area contributed by atoms with Crippen molar-refractivity contribution in [2.75, 3.05) is 28.4 Å². The molecule has 0 aliphatic carbocycles. The lowest BCUT2D eigenvalue weighted by atomic mass is 10.1. The van der Waals surface area contributed by atoms with Gasteiger partial charge in [-0.15, -0.1) is 0 Å². The molecule has 0 aliphatic heterocycles. The summed E-state index contributed by atoms with van der Waals surface area (Å²) in [6.45, 7) is 0. The highest BCUT2D eigenvalue weighted by Gasteiger charge is 2.47. The van der Waals surface area contributed by atoms with Crippen LogP contribution >= 0.6 is 18.7 Å². The molecule has 0 radical (unpaired) electrons. The zero-order chi connectivity index (χ0) is 24.2. The normalized spacial score (nSPS) is 12.4. The van der Waals surface area contributed by atoms with Crippen LogP contribution in [-0.4, -0.2) is 39.5 Å². The Kier molecular flexibility index (Phi) is 7.46. The minimum absolute atomic E-state index is 0.00284. The third-order valence-corrected chi connectivity index (χ3v) is 7.97. The maximum Gasteiger partial charge on any atom is 0.249 e. The first-order valence-electron chi connectivity index (χ1n) is 9.72. The minimum Gasteiger partial charge on any atom is -0.496 e. The van der Waals surface area contributed by atoms with E-state index in [2.05, 4.69) is 0 Å². The molecule has 0 bridgehead atoms. The van der Waals surface area contributed by atoms with Gasteiger partial charge in [-0.1, -0.05) is 48.0 Å². The molecule has 0 saturated carbocycles. The van der Waals surface area contributed by atoms with Crippen molar-refractivity contribution >= 4 is 35.1 Å². The van der Waals surface area contributed by atoms with E-state index >= 15 is 0 Å². The summed E-state index contributed by atoms with van der Waals surface area (Å²) in [7, 11) is 0.903. The minimum atomic E-state index is -4.53. The Labute approximate surface area is 196 Å². The van der Waals surface area contributed by atoms with Crippen molar-refractivity contribution in [2.24, 2.45) is 0 Å². The molecule has 0 saturated heterocycles. The van der Waals surface area contributed by atoms with Crippen molar-refractivity contribution < 1.29 is 33.1 Å². The molecular formula is C24H22ClO7P. The predicted molar refractivity (Wildman–Crippen MR) is 126 cm³/mol. The Hall–Kier alpha value is -3.28. The van der Waals surface area contributed by atoms with E-state index < -0.39 is 18.2 Å². The lowest BCUT2D eigenvalue weighted by molar-refractivity contribution is 0.103. The first-order chi connectivity index (χ1) is 15.8. The molecule has 0 aliphatic rings. The number of methoxy groups -OCH3 is 4. The van der Waals surface area contributed by atoms with E-state index in [1.807, 2.05) is 0 Å². The molecule has 1 atom stereocenters. The quantitative estimate of drug-likeness (QED) is 0.390. The molecule has 1 unspecified atom stereocenters. The molecule has 3 aromatic carbocycles. The standard InChI is InChI=1S/C24H22ClO7P/c1-29-17-12-8-11-16(25)20(17)23(26)33(28,15-9-6-5-7-10-15)24(27)21-18(30-2)13-14-19(31-3)22(21)32-4/h5-14H,1-4H3. The zero-order valence-corrected chi connectivity index (χ0v) is 20.1. The second-order valence-corrected chi connectivity index (χ2v) is 9.71. The average Bonchev–Trinajstić information content (AvgIpc) is 2.86. The van der Waals surface area contributed by atoms with Gasteiger partial charge in [-0.2, -0.15) is 0 Å². The monoisotopic (exact) mass is 488 g/mol. The van der Waals surface area contributed by atoms with Crippen molar-refractivity contribution in [3.05, 3.63) is 76.8 Å². The highest BCUT2D eigenvalue weighted by molar-refractivity contribution is 8.01. The molecule has 9 heteroatoms. The summed E-state index contributed by atoms with van der Waals surface area (Å²) in [5.74, 6) is 0.384. The number of ether oxygens (including phenoxy) is 4. The summed E-state index contributed by atoms with van der Waals surface area (Å²) in [4.78, 5) is 27.9. The molecule has 0 spiro atoms. The summed E-state index contributed by atoms with van der Waals surface area (Å²) in [5.41, 5.74) is -2.27. The fourth-order valence-corrected chi connectivity index (χ4v) is 6.08. The maximum atomic E-state index is 14.6. The van der Waals surface area contributed by atoms with Crippen molar-refractivity contribution in [3.63, 3.8) is 0 Å². The van der Waals surface area contributed by atoms with Crippen LogP contribution in [0.5, 0.6) is 23.0 Å². The molecule has 3 aromatic rings.